The number of carbonyl (C=O) groups is 3. The minimum Gasteiger partial charge on any atom is -0.459 e. The van der Waals surface area contributed by atoms with Crippen LogP contribution in [0.4, 0.5) is 0 Å². The number of aliphatic hydroxyl groups is 2. The Morgan fingerprint density at radius 3 is 2.43 bits per heavy atom. The summed E-state index contributed by atoms with van der Waals surface area (Å²) in [6.45, 7) is 13.5. The zero-order valence-electron chi connectivity index (χ0n) is 36.4. The Bertz CT molecular complexity index is 1890. The number of aliphatic hydroxyl groups excluding tert-OH is 1. The van der Waals surface area contributed by atoms with Crippen LogP contribution in [0.25, 0.3) is 10.6 Å². The summed E-state index contributed by atoms with van der Waals surface area (Å²) in [7, 11) is 3.74. The van der Waals surface area contributed by atoms with Crippen LogP contribution in [-0.4, -0.2) is 137 Å². The monoisotopic (exact) mass is 854 g/mol. The molecule has 0 aromatic carbocycles. The summed E-state index contributed by atoms with van der Waals surface area (Å²) in [4.78, 5) is 61.2. The molecule has 0 radical (unpaired) electrons. The number of carbonyl (C=O) groups excluding carboxylic acids is 3. The molecule has 2 aromatic rings. The average molecular weight is 855 g/mol. The van der Waals surface area contributed by atoms with E-state index in [1.807, 2.05) is 69.4 Å². The smallest absolute Gasteiger partial charge is 0.316 e. The summed E-state index contributed by atoms with van der Waals surface area (Å²) in [5, 5.41) is 30.5. The number of aromatic nitrogens is 1. The van der Waals surface area contributed by atoms with Crippen molar-refractivity contribution >= 4 is 40.4 Å². The molecule has 15 nitrogen and oxygen atoms in total. The number of ketones is 1. The maximum absolute atomic E-state index is 14.5. The molecule has 3 saturated heterocycles. The first-order chi connectivity index (χ1) is 28.3. The molecule has 0 spiro atoms. The molecule has 1 amide bonds. The summed E-state index contributed by atoms with van der Waals surface area (Å²) in [5.74, 6) is -5.45. The van der Waals surface area contributed by atoms with Crippen LogP contribution in [0.5, 0.6) is 0 Å². The van der Waals surface area contributed by atoms with Gasteiger partial charge in [-0.15, -0.1) is 11.3 Å². The molecule has 14 atom stereocenters. The van der Waals surface area contributed by atoms with Crippen molar-refractivity contribution in [3.8, 4) is 10.6 Å². The van der Waals surface area contributed by atoms with E-state index >= 15 is 0 Å². The molecule has 16 heteroatoms. The Morgan fingerprint density at radius 2 is 1.78 bits per heavy atom. The van der Waals surface area contributed by atoms with E-state index in [1.165, 1.54) is 13.8 Å². The molecule has 6 heterocycles. The number of esters is 1. The van der Waals surface area contributed by atoms with Crippen LogP contribution in [0.2, 0.25) is 0 Å². The highest BCUT2D eigenvalue weighted by atomic mass is 32.1. The van der Waals surface area contributed by atoms with Crippen LogP contribution in [0.1, 0.15) is 80.2 Å². The van der Waals surface area contributed by atoms with Crippen molar-refractivity contribution in [1.29, 1.82) is 0 Å². The first-order valence-corrected chi connectivity index (χ1v) is 21.9. The molecule has 60 heavy (non-hydrogen) atoms. The number of likely N-dealkylation sites (N-methyl/N-ethyl adjacent to an activating group) is 1. The number of hydrogen-bond acceptors (Lipinski definition) is 15. The number of cyclic esters (lactones) is 1. The van der Waals surface area contributed by atoms with Gasteiger partial charge in [0.25, 0.3) is 5.91 Å². The lowest BCUT2D eigenvalue weighted by molar-refractivity contribution is -0.296. The van der Waals surface area contributed by atoms with Gasteiger partial charge < -0.3 is 43.6 Å². The predicted molar refractivity (Wildman–Crippen MR) is 224 cm³/mol. The average Bonchev–Trinajstić information content (AvgIpc) is 3.74. The number of ether oxygens (including phenoxy) is 5. The van der Waals surface area contributed by atoms with Crippen LogP contribution in [-0.2, 0) is 49.3 Å². The topological polar surface area (TPSA) is 188 Å². The minimum absolute atomic E-state index is 0.116. The summed E-state index contributed by atoms with van der Waals surface area (Å²) in [6.07, 6.45) is -4.30. The van der Waals surface area contributed by atoms with Gasteiger partial charge in [0.15, 0.2) is 12.1 Å². The van der Waals surface area contributed by atoms with Gasteiger partial charge in [0.2, 0.25) is 6.10 Å². The molecule has 3 fully saturated rings. The van der Waals surface area contributed by atoms with E-state index in [2.05, 4.69) is 10.1 Å². The molecule has 0 saturated carbocycles. The third kappa shape index (κ3) is 9.76. The lowest BCUT2D eigenvalue weighted by atomic mass is 9.73. The SMILES string of the molecule is CC[C@H]1OC(=O)[C@H](C)C(=O)[C@H](C)[C@@H](O[C@@H]2O[C@H](C)C[C@H](N(C)C)[C@H]2O)[C@@]2(C)C[C@@H](C)C3=NC(=O)C(Cc4ccc(-c5cccs5)nc4)O/N=C(/CO[C@H]([C@H]3C)[C@]1(C)O)CO2. The standard InChI is InChI=1S/C44H62N4O11S/c1-11-34-44(8,53)39-25(4)35-23(2)19-43(7,38(26(5)36(49)27(6)41(52)57-34)58-42-37(50)31(48(9)10)17-24(3)56-42)55-22-29(21-54-39)47-59-32(40(51)46-35)18-28-14-15-30(45-20-28)33-13-12-16-60-33/h12-16,20,23-27,31-32,34,37-39,42,50,53H,11,17-19,21-22H2,1-10H3/b46-35?,47-29-/t23-,24-,25+,26+,27-,31+,32?,34-,37-,38-,39-,42+,43-,44-/m1/s1. The van der Waals surface area contributed by atoms with Crippen LogP contribution in [0, 0.1) is 23.7 Å². The molecule has 0 aliphatic carbocycles. The van der Waals surface area contributed by atoms with E-state index in [9.17, 15) is 24.6 Å². The fraction of sp³-hybridized carbons (Fsp3) is 0.682. The third-order valence-electron chi connectivity index (χ3n) is 12.7. The fourth-order valence-electron chi connectivity index (χ4n) is 9.26. The highest BCUT2D eigenvalue weighted by Gasteiger charge is 2.53. The van der Waals surface area contributed by atoms with Gasteiger partial charge in [-0.25, -0.2) is 4.99 Å². The van der Waals surface area contributed by atoms with Gasteiger partial charge in [-0.3, -0.25) is 19.4 Å². The van der Waals surface area contributed by atoms with Gasteiger partial charge in [-0.05, 0) is 90.0 Å². The molecule has 4 aliphatic rings. The molecule has 2 aromatic heterocycles. The van der Waals surface area contributed by atoms with Crippen molar-refractivity contribution in [2.45, 2.75) is 141 Å². The molecule has 6 rings (SSSR count). The number of rotatable bonds is 7. The molecule has 1 unspecified atom stereocenters. The number of pyridine rings is 1. The molecule has 330 valence electrons. The van der Waals surface area contributed by atoms with Crippen LogP contribution < -0.4 is 0 Å². The highest BCUT2D eigenvalue weighted by Crippen LogP contribution is 2.40. The quantitative estimate of drug-likeness (QED) is 0.290. The summed E-state index contributed by atoms with van der Waals surface area (Å²) in [6, 6.07) is 7.43. The molecular weight excluding hydrogens is 793 g/mol. The van der Waals surface area contributed by atoms with Crippen molar-refractivity contribution in [3.05, 3.63) is 41.4 Å². The zero-order chi connectivity index (χ0) is 43.7. The number of hydrogen-bond donors (Lipinski definition) is 2. The molecular formula is C44H62N4O11S. The third-order valence-corrected chi connectivity index (χ3v) is 13.6. The van der Waals surface area contributed by atoms with Gasteiger partial charge in [-0.1, -0.05) is 45.0 Å². The number of aliphatic imine (C=N–C) groups is 1. The number of Topliss-reactive ketones (excluding diaryl/α,β-unsaturated/α-hetero) is 1. The number of thiophene rings is 1. The van der Waals surface area contributed by atoms with Crippen molar-refractivity contribution in [1.82, 2.24) is 9.88 Å². The van der Waals surface area contributed by atoms with Crippen molar-refractivity contribution in [2.24, 2.45) is 33.8 Å². The molecule has 2 N–H and O–H groups in total. The number of nitrogens with zero attached hydrogens (tertiary/aromatic N) is 4. The van der Waals surface area contributed by atoms with Gasteiger partial charge in [0.05, 0.1) is 47.7 Å². The highest BCUT2D eigenvalue weighted by molar-refractivity contribution is 7.13. The van der Waals surface area contributed by atoms with Crippen LogP contribution in [0.3, 0.4) is 0 Å². The fourth-order valence-corrected chi connectivity index (χ4v) is 9.96. The van der Waals surface area contributed by atoms with Crippen LogP contribution in [0.15, 0.2) is 46.0 Å². The van der Waals surface area contributed by atoms with Crippen LogP contribution >= 0.6 is 11.3 Å². The maximum Gasteiger partial charge on any atom is 0.316 e. The van der Waals surface area contributed by atoms with Gasteiger partial charge in [-0.2, -0.15) is 0 Å². The summed E-state index contributed by atoms with van der Waals surface area (Å²) >= 11 is 1.58. The lowest BCUT2D eigenvalue weighted by Crippen LogP contribution is -2.60. The van der Waals surface area contributed by atoms with Crippen molar-refractivity contribution in [3.63, 3.8) is 0 Å². The second kappa shape index (κ2) is 18.9. The summed E-state index contributed by atoms with van der Waals surface area (Å²) < 4.78 is 32.5. The lowest BCUT2D eigenvalue weighted by Gasteiger charge is -2.47. The maximum atomic E-state index is 14.5. The van der Waals surface area contributed by atoms with E-state index in [0.29, 0.717) is 12.1 Å². The first kappa shape index (κ1) is 46.0. The van der Waals surface area contributed by atoms with Crippen molar-refractivity contribution in [2.75, 3.05) is 27.3 Å². The number of amides is 1. The zero-order valence-corrected chi connectivity index (χ0v) is 37.2. The van der Waals surface area contributed by atoms with E-state index in [0.717, 1.165) is 16.1 Å². The predicted octanol–water partition coefficient (Wildman–Crippen LogP) is 4.65. The first-order valence-electron chi connectivity index (χ1n) is 21.0. The van der Waals surface area contributed by atoms with Gasteiger partial charge >= 0.3 is 5.97 Å². The molecule has 4 bridgehead atoms. The Hall–Kier alpha value is -3.48. The van der Waals surface area contributed by atoms with Gasteiger partial charge in [0, 0.05) is 36.2 Å². The van der Waals surface area contributed by atoms with Crippen molar-refractivity contribution < 1.29 is 53.1 Å². The van der Waals surface area contributed by atoms with E-state index in [-0.39, 0.29) is 50.3 Å². The van der Waals surface area contributed by atoms with E-state index in [1.54, 1.807) is 38.3 Å². The minimum atomic E-state index is -1.83. The second-order valence-electron chi connectivity index (χ2n) is 17.7. The normalized spacial score (nSPS) is 39.5. The Kier molecular flexibility index (Phi) is 14.5. The Morgan fingerprint density at radius 1 is 1.03 bits per heavy atom. The summed E-state index contributed by atoms with van der Waals surface area (Å²) in [5.41, 5.74) is -1.03. The second-order valence-corrected chi connectivity index (χ2v) is 18.6. The Balaban J connectivity index is 1.47. The number of fused-ring (bicyclic) bond motifs is 4. The Labute approximate surface area is 356 Å². The largest absolute Gasteiger partial charge is 0.459 e. The number of oxime groups is 1. The van der Waals surface area contributed by atoms with Gasteiger partial charge in [0.1, 0.15) is 29.4 Å². The van der Waals surface area contributed by atoms with E-state index < -0.39 is 89.3 Å². The van der Waals surface area contributed by atoms with E-state index in [4.69, 9.17) is 33.5 Å². The molecule has 4 aliphatic heterocycles.